The lowest BCUT2D eigenvalue weighted by Gasteiger charge is -2.32. The Morgan fingerprint density at radius 2 is 2.37 bits per heavy atom. The SMILES string of the molecule is O=[N+]([O-])c1cnc(N2CCC[C@@H](OCC3CC3)C2)s1. The molecule has 1 aromatic heterocycles. The highest BCUT2D eigenvalue weighted by atomic mass is 32.1. The number of rotatable bonds is 5. The first-order chi connectivity index (χ1) is 9.22. The van der Waals surface area contributed by atoms with Gasteiger partial charge in [-0.15, -0.1) is 0 Å². The van der Waals surface area contributed by atoms with Gasteiger partial charge in [-0.05, 0) is 42.9 Å². The summed E-state index contributed by atoms with van der Waals surface area (Å²) in [5.41, 5.74) is 0. The summed E-state index contributed by atoms with van der Waals surface area (Å²) in [6.45, 7) is 2.59. The zero-order chi connectivity index (χ0) is 13.2. The van der Waals surface area contributed by atoms with Crippen molar-refractivity contribution in [2.75, 3.05) is 24.6 Å². The fourth-order valence-corrected chi connectivity index (χ4v) is 3.06. The number of nitro groups is 1. The molecule has 2 heterocycles. The van der Waals surface area contributed by atoms with Crippen molar-refractivity contribution in [1.82, 2.24) is 4.98 Å². The predicted molar refractivity (Wildman–Crippen MR) is 72.7 cm³/mol. The number of thiazole rings is 1. The lowest BCUT2D eigenvalue weighted by atomic mass is 10.1. The van der Waals surface area contributed by atoms with Crippen LogP contribution in [0.1, 0.15) is 25.7 Å². The van der Waals surface area contributed by atoms with Crippen LogP contribution in [0.3, 0.4) is 0 Å². The van der Waals surface area contributed by atoms with Gasteiger partial charge in [0.2, 0.25) is 0 Å². The number of piperidine rings is 1. The van der Waals surface area contributed by atoms with Gasteiger partial charge in [0.1, 0.15) is 6.20 Å². The quantitative estimate of drug-likeness (QED) is 0.613. The lowest BCUT2D eigenvalue weighted by Crippen LogP contribution is -2.39. The van der Waals surface area contributed by atoms with Crippen molar-refractivity contribution in [1.29, 1.82) is 0 Å². The fraction of sp³-hybridized carbons (Fsp3) is 0.750. The minimum atomic E-state index is -0.383. The maximum absolute atomic E-state index is 10.7. The Hall–Kier alpha value is -1.21. The first-order valence-electron chi connectivity index (χ1n) is 6.69. The molecular formula is C12H17N3O3S. The van der Waals surface area contributed by atoms with Gasteiger partial charge in [0, 0.05) is 19.7 Å². The summed E-state index contributed by atoms with van der Waals surface area (Å²) in [5, 5.41) is 11.5. The molecule has 1 aliphatic heterocycles. The van der Waals surface area contributed by atoms with Gasteiger partial charge in [-0.3, -0.25) is 10.1 Å². The van der Waals surface area contributed by atoms with Crippen LogP contribution in [-0.4, -0.2) is 35.7 Å². The highest BCUT2D eigenvalue weighted by molar-refractivity contribution is 7.18. The molecule has 0 spiro atoms. The van der Waals surface area contributed by atoms with E-state index in [1.807, 2.05) is 0 Å². The van der Waals surface area contributed by atoms with Gasteiger partial charge in [-0.1, -0.05) is 0 Å². The van der Waals surface area contributed by atoms with Crippen LogP contribution in [0.5, 0.6) is 0 Å². The summed E-state index contributed by atoms with van der Waals surface area (Å²) in [4.78, 5) is 16.6. The first kappa shape index (κ1) is 12.8. The topological polar surface area (TPSA) is 68.5 Å². The van der Waals surface area contributed by atoms with E-state index >= 15 is 0 Å². The van der Waals surface area contributed by atoms with Crippen molar-refractivity contribution in [3.8, 4) is 0 Å². The second-order valence-corrected chi connectivity index (χ2v) is 6.21. The van der Waals surface area contributed by atoms with Crippen molar-refractivity contribution in [3.63, 3.8) is 0 Å². The van der Waals surface area contributed by atoms with Crippen molar-refractivity contribution in [2.45, 2.75) is 31.8 Å². The summed E-state index contributed by atoms with van der Waals surface area (Å²) >= 11 is 1.15. The van der Waals surface area contributed by atoms with E-state index in [4.69, 9.17) is 4.74 Å². The number of ether oxygens (including phenoxy) is 1. The Bertz CT molecular complexity index is 461. The highest BCUT2D eigenvalue weighted by Gasteiger charge is 2.27. The minimum Gasteiger partial charge on any atom is -0.376 e. The average Bonchev–Trinajstić information content (AvgIpc) is 3.10. The van der Waals surface area contributed by atoms with Gasteiger partial charge in [0.25, 0.3) is 0 Å². The standard InChI is InChI=1S/C12H17N3O3S/c16-15(17)11-6-13-12(19-11)14-5-1-2-10(7-14)18-8-9-3-4-9/h6,9-10H,1-5,7-8H2/t10-/m1/s1. The summed E-state index contributed by atoms with van der Waals surface area (Å²) in [6.07, 6.45) is 6.33. The van der Waals surface area contributed by atoms with E-state index < -0.39 is 0 Å². The Kier molecular flexibility index (Phi) is 3.65. The van der Waals surface area contributed by atoms with E-state index in [0.29, 0.717) is 0 Å². The minimum absolute atomic E-state index is 0.107. The number of aromatic nitrogens is 1. The van der Waals surface area contributed by atoms with Crippen LogP contribution in [0.15, 0.2) is 6.20 Å². The maximum atomic E-state index is 10.7. The van der Waals surface area contributed by atoms with E-state index in [0.717, 1.165) is 54.9 Å². The van der Waals surface area contributed by atoms with Crippen LogP contribution in [0.2, 0.25) is 0 Å². The molecule has 0 amide bonds. The molecule has 1 aromatic rings. The molecule has 3 rings (SSSR count). The molecule has 0 aromatic carbocycles. The summed E-state index contributed by atoms with van der Waals surface area (Å²) in [5.74, 6) is 0.774. The third-order valence-corrected chi connectivity index (χ3v) is 4.58. The van der Waals surface area contributed by atoms with E-state index in [9.17, 15) is 10.1 Å². The molecule has 6 nitrogen and oxygen atoms in total. The largest absolute Gasteiger partial charge is 0.376 e. The molecule has 7 heteroatoms. The van der Waals surface area contributed by atoms with Gasteiger partial charge < -0.3 is 9.64 Å². The Balaban J connectivity index is 1.58. The summed E-state index contributed by atoms with van der Waals surface area (Å²) in [6, 6.07) is 0. The first-order valence-corrected chi connectivity index (χ1v) is 7.51. The molecule has 19 heavy (non-hydrogen) atoms. The molecule has 0 bridgehead atoms. The van der Waals surface area contributed by atoms with Crippen molar-refractivity contribution in [3.05, 3.63) is 16.3 Å². The van der Waals surface area contributed by atoms with Crippen LogP contribution in [0.4, 0.5) is 10.1 Å². The van der Waals surface area contributed by atoms with Gasteiger partial charge in [-0.25, -0.2) is 4.98 Å². The smallest absolute Gasteiger partial charge is 0.345 e. The Morgan fingerprint density at radius 3 is 3.05 bits per heavy atom. The summed E-state index contributed by atoms with van der Waals surface area (Å²) in [7, 11) is 0. The number of hydrogen-bond acceptors (Lipinski definition) is 6. The number of hydrogen-bond donors (Lipinski definition) is 0. The lowest BCUT2D eigenvalue weighted by molar-refractivity contribution is -0.380. The molecule has 0 unspecified atom stereocenters. The van der Waals surface area contributed by atoms with Gasteiger partial charge >= 0.3 is 5.00 Å². The van der Waals surface area contributed by atoms with Gasteiger partial charge in [-0.2, -0.15) is 0 Å². The Morgan fingerprint density at radius 1 is 1.53 bits per heavy atom. The summed E-state index contributed by atoms with van der Waals surface area (Å²) < 4.78 is 5.91. The highest BCUT2D eigenvalue weighted by Crippen LogP contribution is 2.32. The van der Waals surface area contributed by atoms with Crippen LogP contribution in [0.25, 0.3) is 0 Å². The van der Waals surface area contributed by atoms with E-state index in [1.54, 1.807) is 0 Å². The Labute approximate surface area is 115 Å². The normalized spacial score (nSPS) is 23.6. The zero-order valence-corrected chi connectivity index (χ0v) is 11.5. The van der Waals surface area contributed by atoms with Crippen molar-refractivity contribution >= 4 is 21.5 Å². The molecule has 1 saturated carbocycles. The molecule has 2 fully saturated rings. The van der Waals surface area contributed by atoms with E-state index in [2.05, 4.69) is 9.88 Å². The van der Waals surface area contributed by atoms with Crippen LogP contribution in [0, 0.1) is 16.0 Å². The van der Waals surface area contributed by atoms with Crippen LogP contribution < -0.4 is 4.90 Å². The zero-order valence-electron chi connectivity index (χ0n) is 10.7. The maximum Gasteiger partial charge on any atom is 0.345 e. The van der Waals surface area contributed by atoms with Crippen LogP contribution in [-0.2, 0) is 4.74 Å². The third-order valence-electron chi connectivity index (χ3n) is 3.57. The molecule has 2 aliphatic rings. The van der Waals surface area contributed by atoms with Crippen molar-refractivity contribution in [2.24, 2.45) is 5.92 Å². The van der Waals surface area contributed by atoms with E-state index in [1.165, 1.54) is 19.0 Å². The van der Waals surface area contributed by atoms with E-state index in [-0.39, 0.29) is 16.0 Å². The second kappa shape index (κ2) is 5.42. The van der Waals surface area contributed by atoms with Crippen molar-refractivity contribution < 1.29 is 9.66 Å². The molecule has 1 atom stereocenters. The molecular weight excluding hydrogens is 266 g/mol. The predicted octanol–water partition coefficient (Wildman–Crippen LogP) is 2.45. The number of nitrogens with zero attached hydrogens (tertiary/aromatic N) is 3. The molecule has 0 N–H and O–H groups in total. The van der Waals surface area contributed by atoms with Gasteiger partial charge in [0.15, 0.2) is 5.13 Å². The molecule has 104 valence electrons. The molecule has 1 aliphatic carbocycles. The molecule has 1 saturated heterocycles. The number of anilines is 1. The fourth-order valence-electron chi connectivity index (χ4n) is 2.29. The second-order valence-electron chi connectivity index (χ2n) is 5.23. The average molecular weight is 283 g/mol. The van der Waals surface area contributed by atoms with Crippen LogP contribution >= 0.6 is 11.3 Å². The molecule has 0 radical (unpaired) electrons. The monoisotopic (exact) mass is 283 g/mol. The third kappa shape index (κ3) is 3.22. The van der Waals surface area contributed by atoms with Gasteiger partial charge in [0.05, 0.1) is 11.0 Å².